The van der Waals surface area contributed by atoms with Gasteiger partial charge in [-0.05, 0) is 38.1 Å². The van der Waals surface area contributed by atoms with Gasteiger partial charge in [0.2, 0.25) is 0 Å². The van der Waals surface area contributed by atoms with Crippen molar-refractivity contribution in [1.29, 1.82) is 0 Å². The normalized spacial score (nSPS) is 11.1. The van der Waals surface area contributed by atoms with E-state index < -0.39 is 0 Å². The van der Waals surface area contributed by atoms with Gasteiger partial charge in [0, 0.05) is 30.4 Å². The average molecular weight is 414 g/mol. The average Bonchev–Trinajstić information content (AvgIpc) is 2.76. The fourth-order valence-corrected chi connectivity index (χ4v) is 3.59. The Labute approximate surface area is 182 Å². The molecule has 5 heteroatoms. The molecule has 0 spiro atoms. The van der Waals surface area contributed by atoms with Gasteiger partial charge in [0.15, 0.2) is 0 Å². The van der Waals surface area contributed by atoms with E-state index in [4.69, 9.17) is 0 Å². The molecule has 0 aliphatic carbocycles. The van der Waals surface area contributed by atoms with Crippen LogP contribution < -0.4 is 10.6 Å². The Bertz CT molecular complexity index is 634. The van der Waals surface area contributed by atoms with Gasteiger partial charge in [0.05, 0.1) is 6.20 Å². The van der Waals surface area contributed by atoms with Crippen molar-refractivity contribution in [2.45, 2.75) is 77.3 Å². The van der Waals surface area contributed by atoms with Gasteiger partial charge >= 0.3 is 0 Å². The molecule has 0 radical (unpaired) electrons. The maximum Gasteiger partial charge on any atom is 0.138 e. The molecule has 0 aliphatic heterocycles. The highest BCUT2D eigenvalue weighted by molar-refractivity contribution is 5.31. The Hall–Kier alpha value is -2.11. The van der Waals surface area contributed by atoms with E-state index in [2.05, 4.69) is 15.6 Å². The van der Waals surface area contributed by atoms with Gasteiger partial charge in [0.25, 0.3) is 0 Å². The smallest absolute Gasteiger partial charge is 0.138 e. The first kappa shape index (κ1) is 24.2. The molecular weight excluding hydrogens is 374 g/mol. The van der Waals surface area contributed by atoms with E-state index in [0.717, 1.165) is 30.8 Å². The minimum Gasteiger partial charge on any atom is -0.508 e. The summed E-state index contributed by atoms with van der Waals surface area (Å²) in [5.74, 6) is 0.653. The van der Waals surface area contributed by atoms with E-state index >= 15 is 0 Å². The number of hydrogen-bond donors (Lipinski definition) is 4. The van der Waals surface area contributed by atoms with Crippen molar-refractivity contribution in [3.63, 3.8) is 0 Å². The summed E-state index contributed by atoms with van der Waals surface area (Å²) in [6.07, 6.45) is 16.2. The van der Waals surface area contributed by atoms with Crippen LogP contribution in [-0.4, -0.2) is 28.3 Å². The zero-order valence-electron chi connectivity index (χ0n) is 18.3. The van der Waals surface area contributed by atoms with Gasteiger partial charge in [0.1, 0.15) is 11.5 Å². The largest absolute Gasteiger partial charge is 0.508 e. The lowest BCUT2D eigenvalue weighted by molar-refractivity contribution is 0.460. The lowest BCUT2D eigenvalue weighted by Crippen LogP contribution is -2.14. The van der Waals surface area contributed by atoms with Crippen LogP contribution in [0.2, 0.25) is 0 Å². The minimum atomic E-state index is 0.272. The molecule has 0 bridgehead atoms. The molecule has 30 heavy (non-hydrogen) atoms. The molecule has 1 heterocycles. The zero-order valence-corrected chi connectivity index (χ0v) is 18.3. The van der Waals surface area contributed by atoms with Gasteiger partial charge in [-0.25, -0.2) is 0 Å². The first-order valence-electron chi connectivity index (χ1n) is 11.6. The van der Waals surface area contributed by atoms with Crippen molar-refractivity contribution in [3.8, 4) is 11.5 Å². The van der Waals surface area contributed by atoms with Crippen LogP contribution in [0, 0.1) is 0 Å². The maximum absolute atomic E-state index is 9.72. The van der Waals surface area contributed by atoms with E-state index in [0.29, 0.717) is 12.3 Å². The number of pyridine rings is 1. The molecule has 0 saturated carbocycles. The Morgan fingerprint density at radius 3 is 1.63 bits per heavy atom. The molecule has 0 amide bonds. The third-order valence-electron chi connectivity index (χ3n) is 5.47. The van der Waals surface area contributed by atoms with Crippen molar-refractivity contribution >= 4 is 0 Å². The fraction of sp³-hybridized carbons (Fsp3) is 0.560. The number of nitrogens with one attached hydrogen (secondary N) is 2. The summed E-state index contributed by atoms with van der Waals surface area (Å²) in [5, 5.41) is 26.2. The summed E-state index contributed by atoms with van der Waals surface area (Å²) in [7, 11) is 0. The number of nitrogens with zero attached hydrogens (tertiary/aromatic N) is 1. The first-order chi connectivity index (χ1) is 14.8. The summed E-state index contributed by atoms with van der Waals surface area (Å²) < 4.78 is 0. The third kappa shape index (κ3) is 10.6. The predicted octanol–water partition coefficient (Wildman–Crippen LogP) is 5.27. The maximum atomic E-state index is 9.72. The van der Waals surface area contributed by atoms with Crippen molar-refractivity contribution in [1.82, 2.24) is 15.6 Å². The predicted molar refractivity (Wildman–Crippen MR) is 124 cm³/mol. The van der Waals surface area contributed by atoms with Crippen LogP contribution in [0.3, 0.4) is 0 Å². The monoisotopic (exact) mass is 413 g/mol. The quantitative estimate of drug-likeness (QED) is 0.266. The zero-order chi connectivity index (χ0) is 21.3. The van der Waals surface area contributed by atoms with Gasteiger partial charge in [-0.1, -0.05) is 69.6 Å². The Kier molecular flexibility index (Phi) is 12.6. The summed E-state index contributed by atoms with van der Waals surface area (Å²) in [5.41, 5.74) is 1.89. The SMILES string of the molecule is Oc1ccccc1CNCCCCCCCCCCCCNCc1ccncc1O. The summed E-state index contributed by atoms with van der Waals surface area (Å²) >= 11 is 0. The van der Waals surface area contributed by atoms with Crippen LogP contribution in [-0.2, 0) is 13.1 Å². The van der Waals surface area contributed by atoms with Crippen molar-refractivity contribution in [2.24, 2.45) is 0 Å². The highest BCUT2D eigenvalue weighted by Gasteiger charge is 2.00. The molecule has 0 aliphatic rings. The number of rotatable bonds is 17. The summed E-state index contributed by atoms with van der Waals surface area (Å²) in [6, 6.07) is 9.38. The number of aromatic nitrogens is 1. The molecular formula is C25H39N3O2. The van der Waals surface area contributed by atoms with Gasteiger partial charge in [-0.15, -0.1) is 0 Å². The number of phenols is 1. The third-order valence-corrected chi connectivity index (χ3v) is 5.47. The standard InChI is InChI=1S/C25H39N3O2/c29-24-14-10-9-13-22(24)19-26-16-11-7-5-3-1-2-4-6-8-12-17-27-20-23-15-18-28-21-25(23)30/h9-10,13-15,18,21,26-27,29-30H,1-8,11-12,16-17,19-20H2. The van der Waals surface area contributed by atoms with E-state index in [-0.39, 0.29) is 5.75 Å². The molecule has 5 nitrogen and oxygen atoms in total. The lowest BCUT2D eigenvalue weighted by Gasteiger charge is -2.07. The highest BCUT2D eigenvalue weighted by Crippen LogP contribution is 2.15. The number of phenolic OH excluding ortho intramolecular Hbond substituents is 1. The second kappa shape index (κ2) is 15.7. The van der Waals surface area contributed by atoms with Crippen molar-refractivity contribution in [3.05, 3.63) is 53.9 Å². The van der Waals surface area contributed by atoms with Crippen LogP contribution in [0.25, 0.3) is 0 Å². The Balaban J connectivity index is 1.29. The second-order valence-corrected chi connectivity index (χ2v) is 8.02. The number of unbranched alkanes of at least 4 members (excludes halogenated alkanes) is 9. The number of hydrogen-bond acceptors (Lipinski definition) is 5. The van der Waals surface area contributed by atoms with Crippen LogP contribution in [0.4, 0.5) is 0 Å². The Morgan fingerprint density at radius 2 is 1.10 bits per heavy atom. The molecule has 0 unspecified atom stereocenters. The van der Waals surface area contributed by atoms with Crippen molar-refractivity contribution in [2.75, 3.05) is 13.1 Å². The van der Waals surface area contributed by atoms with Gasteiger partial charge < -0.3 is 20.8 Å². The topological polar surface area (TPSA) is 77.4 Å². The number of aromatic hydroxyl groups is 2. The molecule has 1 aromatic carbocycles. The molecule has 1 aromatic heterocycles. The van der Waals surface area contributed by atoms with Crippen LogP contribution >= 0.6 is 0 Å². The Morgan fingerprint density at radius 1 is 0.600 bits per heavy atom. The molecule has 2 rings (SSSR count). The van der Waals surface area contributed by atoms with E-state index in [1.807, 2.05) is 24.3 Å². The van der Waals surface area contributed by atoms with Gasteiger partial charge in [-0.2, -0.15) is 0 Å². The fourth-order valence-electron chi connectivity index (χ4n) is 3.59. The van der Waals surface area contributed by atoms with E-state index in [1.54, 1.807) is 12.3 Å². The van der Waals surface area contributed by atoms with E-state index in [1.165, 1.54) is 70.4 Å². The summed E-state index contributed by atoms with van der Waals surface area (Å²) in [6.45, 7) is 3.47. The van der Waals surface area contributed by atoms with E-state index in [9.17, 15) is 10.2 Å². The van der Waals surface area contributed by atoms with Crippen LogP contribution in [0.15, 0.2) is 42.7 Å². The molecule has 0 fully saturated rings. The number of para-hydroxylation sites is 1. The molecule has 0 saturated heterocycles. The molecule has 0 atom stereocenters. The molecule has 4 N–H and O–H groups in total. The summed E-state index contributed by atoms with van der Waals surface area (Å²) in [4.78, 5) is 3.89. The van der Waals surface area contributed by atoms with Gasteiger partial charge in [-0.3, -0.25) is 4.98 Å². The molecule has 2 aromatic rings. The van der Waals surface area contributed by atoms with Crippen LogP contribution in [0.5, 0.6) is 11.5 Å². The first-order valence-corrected chi connectivity index (χ1v) is 11.6. The highest BCUT2D eigenvalue weighted by atomic mass is 16.3. The lowest BCUT2D eigenvalue weighted by atomic mass is 10.1. The van der Waals surface area contributed by atoms with Crippen molar-refractivity contribution < 1.29 is 10.2 Å². The van der Waals surface area contributed by atoms with Crippen LogP contribution in [0.1, 0.15) is 75.3 Å². The second-order valence-electron chi connectivity index (χ2n) is 8.02. The number of benzene rings is 1. The minimum absolute atomic E-state index is 0.272. The molecule has 166 valence electrons.